The number of fused-ring (bicyclic) bond motifs is 8. The molecule has 4 heteroatoms. The monoisotopic (exact) mass is 562 g/mol. The highest BCUT2D eigenvalue weighted by molar-refractivity contribution is 6.14. The van der Waals surface area contributed by atoms with Gasteiger partial charge in [-0.1, -0.05) is 115 Å². The van der Waals surface area contributed by atoms with Gasteiger partial charge in [0.2, 0.25) is 0 Å². The van der Waals surface area contributed by atoms with Gasteiger partial charge < -0.3 is 5.32 Å². The molecule has 6 aromatic carbocycles. The Bertz CT molecular complexity index is 2300. The van der Waals surface area contributed by atoms with E-state index < -0.39 is 0 Å². The van der Waals surface area contributed by atoms with Gasteiger partial charge in [-0.3, -0.25) is 4.57 Å². The Balaban J connectivity index is 1.39. The molecule has 0 fully saturated rings. The fourth-order valence-corrected chi connectivity index (χ4v) is 6.53. The van der Waals surface area contributed by atoms with E-state index in [-0.39, 0.29) is 0 Å². The molecular formula is C40H26N4. The highest BCUT2D eigenvalue weighted by Crippen LogP contribution is 2.47. The molecule has 206 valence electrons. The third-order valence-electron chi connectivity index (χ3n) is 8.56. The molecule has 3 heterocycles. The summed E-state index contributed by atoms with van der Waals surface area (Å²) in [6.07, 6.45) is 0. The summed E-state index contributed by atoms with van der Waals surface area (Å²) >= 11 is 0. The second kappa shape index (κ2) is 9.79. The molecule has 1 N–H and O–H groups in total. The Morgan fingerprint density at radius 1 is 0.432 bits per heavy atom. The molecule has 2 aromatic heterocycles. The van der Waals surface area contributed by atoms with Crippen molar-refractivity contribution in [2.45, 2.75) is 0 Å². The van der Waals surface area contributed by atoms with Crippen molar-refractivity contribution in [3.63, 3.8) is 0 Å². The first-order valence-electron chi connectivity index (χ1n) is 14.9. The zero-order chi connectivity index (χ0) is 29.0. The fourth-order valence-electron chi connectivity index (χ4n) is 6.53. The van der Waals surface area contributed by atoms with E-state index in [0.717, 1.165) is 45.0 Å². The Morgan fingerprint density at radius 3 is 1.75 bits per heavy atom. The van der Waals surface area contributed by atoms with E-state index in [1.54, 1.807) is 0 Å². The smallest absolute Gasteiger partial charge is 0.162 e. The second-order valence-corrected chi connectivity index (χ2v) is 11.2. The molecule has 0 atom stereocenters. The van der Waals surface area contributed by atoms with Crippen LogP contribution < -0.4 is 5.32 Å². The normalized spacial score (nSPS) is 11.8. The first kappa shape index (κ1) is 24.6. The summed E-state index contributed by atoms with van der Waals surface area (Å²) in [5.41, 5.74) is 12.1. The quantitative estimate of drug-likeness (QED) is 0.233. The van der Waals surface area contributed by atoms with Gasteiger partial charge in [0.15, 0.2) is 5.82 Å². The van der Waals surface area contributed by atoms with E-state index >= 15 is 0 Å². The van der Waals surface area contributed by atoms with Gasteiger partial charge in [0.1, 0.15) is 5.82 Å². The van der Waals surface area contributed by atoms with Gasteiger partial charge in [-0.25, -0.2) is 9.97 Å². The van der Waals surface area contributed by atoms with Crippen molar-refractivity contribution < 1.29 is 0 Å². The van der Waals surface area contributed by atoms with Crippen LogP contribution in [0.4, 0.5) is 11.4 Å². The maximum atomic E-state index is 5.22. The molecule has 9 rings (SSSR count). The molecule has 0 saturated heterocycles. The number of benzene rings is 6. The van der Waals surface area contributed by atoms with Crippen LogP contribution in [0.3, 0.4) is 0 Å². The minimum atomic E-state index is 0.700. The van der Waals surface area contributed by atoms with Gasteiger partial charge in [-0.2, -0.15) is 0 Å². The highest BCUT2D eigenvalue weighted by atomic mass is 15.1. The van der Waals surface area contributed by atoms with Gasteiger partial charge in [0.25, 0.3) is 0 Å². The molecule has 0 aliphatic carbocycles. The van der Waals surface area contributed by atoms with Crippen molar-refractivity contribution in [3.8, 4) is 50.7 Å². The summed E-state index contributed by atoms with van der Waals surface area (Å²) in [4.78, 5) is 10.3. The van der Waals surface area contributed by atoms with E-state index in [1.807, 2.05) is 24.3 Å². The number of hydrogen-bond donors (Lipinski definition) is 1. The van der Waals surface area contributed by atoms with Gasteiger partial charge in [-0.15, -0.1) is 0 Å². The lowest BCUT2D eigenvalue weighted by atomic mass is 9.92. The average molecular weight is 563 g/mol. The van der Waals surface area contributed by atoms with Crippen LogP contribution in [0.1, 0.15) is 0 Å². The topological polar surface area (TPSA) is 42.7 Å². The zero-order valence-electron chi connectivity index (χ0n) is 23.8. The average Bonchev–Trinajstić information content (AvgIpc) is 3.34. The van der Waals surface area contributed by atoms with Crippen molar-refractivity contribution in [2.75, 3.05) is 5.32 Å². The maximum absolute atomic E-state index is 5.22. The minimum Gasteiger partial charge on any atom is -0.355 e. The summed E-state index contributed by atoms with van der Waals surface area (Å²) in [6, 6.07) is 53.2. The molecule has 0 saturated carbocycles. The Kier molecular flexibility index (Phi) is 5.47. The third kappa shape index (κ3) is 3.85. The molecule has 4 nitrogen and oxygen atoms in total. The predicted octanol–water partition coefficient (Wildman–Crippen LogP) is 10.3. The van der Waals surface area contributed by atoms with Crippen LogP contribution in [0, 0.1) is 0 Å². The first-order valence-corrected chi connectivity index (χ1v) is 14.9. The highest BCUT2D eigenvalue weighted by Gasteiger charge is 2.23. The van der Waals surface area contributed by atoms with E-state index in [9.17, 15) is 0 Å². The lowest BCUT2D eigenvalue weighted by Crippen LogP contribution is -2.02. The van der Waals surface area contributed by atoms with E-state index in [0.29, 0.717) is 5.82 Å². The third-order valence-corrected chi connectivity index (χ3v) is 8.56. The summed E-state index contributed by atoms with van der Waals surface area (Å²) in [5.74, 6) is 1.54. The number of nitrogens with one attached hydrogen (secondary N) is 1. The van der Waals surface area contributed by atoms with Crippen LogP contribution >= 0.6 is 0 Å². The van der Waals surface area contributed by atoms with Crippen molar-refractivity contribution in [3.05, 3.63) is 152 Å². The van der Waals surface area contributed by atoms with Crippen molar-refractivity contribution in [1.82, 2.24) is 14.5 Å². The largest absolute Gasteiger partial charge is 0.355 e. The van der Waals surface area contributed by atoms with Crippen LogP contribution in [-0.2, 0) is 0 Å². The number of hydrogen-bond acceptors (Lipinski definition) is 3. The molecule has 0 radical (unpaired) electrons. The van der Waals surface area contributed by atoms with Gasteiger partial charge in [0, 0.05) is 50.5 Å². The Hall–Kier alpha value is -6.00. The van der Waals surface area contributed by atoms with Crippen LogP contribution in [0.2, 0.25) is 0 Å². The SMILES string of the molecule is c1ccc(-c2cc(-n3c4ccccc4c4cc5c(cc43)-c3ccccc3Nc3ccccc3-5)nc(-c3ccccc3)n2)cc1. The summed E-state index contributed by atoms with van der Waals surface area (Å²) < 4.78 is 2.30. The number of nitrogens with zero attached hydrogens (tertiary/aromatic N) is 3. The zero-order valence-corrected chi connectivity index (χ0v) is 23.8. The van der Waals surface area contributed by atoms with E-state index in [1.165, 1.54) is 33.0 Å². The molecule has 0 bridgehead atoms. The minimum absolute atomic E-state index is 0.700. The molecule has 0 amide bonds. The lowest BCUT2D eigenvalue weighted by molar-refractivity contribution is 1.05. The first-order chi connectivity index (χ1) is 21.8. The molecule has 0 unspecified atom stereocenters. The fraction of sp³-hybridized carbons (Fsp3) is 0. The predicted molar refractivity (Wildman–Crippen MR) is 181 cm³/mol. The second-order valence-electron chi connectivity index (χ2n) is 11.2. The van der Waals surface area contributed by atoms with Crippen molar-refractivity contribution in [1.29, 1.82) is 0 Å². The molecular weight excluding hydrogens is 536 g/mol. The Morgan fingerprint density at radius 2 is 1.02 bits per heavy atom. The van der Waals surface area contributed by atoms with Crippen LogP contribution in [0.15, 0.2) is 152 Å². The van der Waals surface area contributed by atoms with Crippen molar-refractivity contribution in [2.24, 2.45) is 0 Å². The van der Waals surface area contributed by atoms with Gasteiger partial charge >= 0.3 is 0 Å². The van der Waals surface area contributed by atoms with E-state index in [2.05, 4.69) is 137 Å². The summed E-state index contributed by atoms with van der Waals surface area (Å²) in [7, 11) is 0. The van der Waals surface area contributed by atoms with E-state index in [4.69, 9.17) is 9.97 Å². The molecule has 8 aromatic rings. The standard InChI is InChI=1S/C40H26N4/c1-3-13-26(14-4-1)36-25-39(43-40(42-36)27-15-5-2-6-16-27)44-37-22-12-9-19-30(37)33-23-31-28-17-7-10-20-34(28)41-35-21-11-8-18-29(35)32(31)24-38(33)44/h1-25,41H. The lowest BCUT2D eigenvalue weighted by Gasteiger charge is -2.14. The van der Waals surface area contributed by atoms with Crippen LogP contribution in [0.5, 0.6) is 0 Å². The van der Waals surface area contributed by atoms with Crippen LogP contribution in [0.25, 0.3) is 72.5 Å². The summed E-state index contributed by atoms with van der Waals surface area (Å²) in [5, 5.41) is 6.08. The molecule has 1 aliphatic heterocycles. The molecule has 0 spiro atoms. The number of anilines is 2. The summed E-state index contributed by atoms with van der Waals surface area (Å²) in [6.45, 7) is 0. The van der Waals surface area contributed by atoms with Crippen molar-refractivity contribution >= 4 is 33.2 Å². The Labute approximate surface area is 254 Å². The van der Waals surface area contributed by atoms with Crippen LogP contribution in [-0.4, -0.2) is 14.5 Å². The maximum Gasteiger partial charge on any atom is 0.162 e. The van der Waals surface area contributed by atoms with Gasteiger partial charge in [-0.05, 0) is 41.5 Å². The number of rotatable bonds is 3. The number of aromatic nitrogens is 3. The number of para-hydroxylation sites is 3. The molecule has 1 aliphatic rings. The molecule has 44 heavy (non-hydrogen) atoms. The van der Waals surface area contributed by atoms with Gasteiger partial charge in [0.05, 0.1) is 16.7 Å².